The zero-order chi connectivity index (χ0) is 25.3. The molecule has 1 aliphatic heterocycles. The first-order valence-corrected chi connectivity index (χ1v) is 11.9. The molecule has 4 rings (SSSR count). The number of rotatable bonds is 5. The molecule has 1 amide bonds. The number of nitrogens with zero attached hydrogens (tertiary/aromatic N) is 3. The molecule has 1 atom stereocenters. The van der Waals surface area contributed by atoms with E-state index < -0.39 is 23.7 Å². The van der Waals surface area contributed by atoms with Crippen LogP contribution in [0.1, 0.15) is 63.7 Å². The standard InChI is InChI=1S/C27H33N3O5/c1-17(2)30-22-10-8-7-9-21(22)28-23(30)16-34-19-11-12-20-18(15-19)13-14-29(24(20)25(31)33-6)26(32)35-27(3,4)5/h7-12,15,17,24H,13-14,16H2,1-6H3/t24-/m1/s1. The molecule has 0 bridgehead atoms. The Kier molecular flexibility index (Phi) is 6.74. The second-order valence-corrected chi connectivity index (χ2v) is 9.98. The summed E-state index contributed by atoms with van der Waals surface area (Å²) in [5, 5.41) is 0. The predicted octanol–water partition coefficient (Wildman–Crippen LogP) is 5.20. The first-order chi connectivity index (χ1) is 16.6. The number of para-hydroxylation sites is 2. The maximum atomic E-state index is 12.8. The summed E-state index contributed by atoms with van der Waals surface area (Å²) in [6, 6.07) is 13.0. The van der Waals surface area contributed by atoms with Crippen LogP contribution >= 0.6 is 0 Å². The minimum Gasteiger partial charge on any atom is -0.486 e. The molecule has 0 N–H and O–H groups in total. The van der Waals surface area contributed by atoms with Gasteiger partial charge in [0.15, 0.2) is 6.04 Å². The van der Waals surface area contributed by atoms with Gasteiger partial charge < -0.3 is 18.8 Å². The van der Waals surface area contributed by atoms with Crippen molar-refractivity contribution in [2.75, 3.05) is 13.7 Å². The Labute approximate surface area is 205 Å². The molecule has 2 aromatic carbocycles. The monoisotopic (exact) mass is 479 g/mol. The number of imidazole rings is 1. The van der Waals surface area contributed by atoms with Crippen molar-refractivity contribution in [3.8, 4) is 5.75 Å². The van der Waals surface area contributed by atoms with Crippen LogP contribution in [0.25, 0.3) is 11.0 Å². The largest absolute Gasteiger partial charge is 0.486 e. The van der Waals surface area contributed by atoms with E-state index in [0.29, 0.717) is 25.3 Å². The van der Waals surface area contributed by atoms with Crippen molar-refractivity contribution in [2.45, 2.75) is 65.3 Å². The fourth-order valence-electron chi connectivity index (χ4n) is 4.50. The number of fused-ring (bicyclic) bond motifs is 2. The van der Waals surface area contributed by atoms with Crippen LogP contribution in [0.2, 0.25) is 0 Å². The van der Waals surface area contributed by atoms with Crippen LogP contribution < -0.4 is 4.74 Å². The summed E-state index contributed by atoms with van der Waals surface area (Å²) in [6.07, 6.45) is 0.0375. The van der Waals surface area contributed by atoms with Crippen molar-refractivity contribution >= 4 is 23.1 Å². The van der Waals surface area contributed by atoms with Crippen LogP contribution in [0.3, 0.4) is 0 Å². The van der Waals surface area contributed by atoms with Gasteiger partial charge in [-0.2, -0.15) is 0 Å². The van der Waals surface area contributed by atoms with Crippen LogP contribution in [0.5, 0.6) is 5.75 Å². The zero-order valence-electron chi connectivity index (χ0n) is 21.2. The average molecular weight is 480 g/mol. The quantitative estimate of drug-likeness (QED) is 0.468. The van der Waals surface area contributed by atoms with E-state index in [2.05, 4.69) is 24.5 Å². The predicted molar refractivity (Wildman–Crippen MR) is 132 cm³/mol. The third-order valence-electron chi connectivity index (χ3n) is 5.95. The minimum absolute atomic E-state index is 0.240. The van der Waals surface area contributed by atoms with Gasteiger partial charge in [-0.3, -0.25) is 4.90 Å². The van der Waals surface area contributed by atoms with Crippen LogP contribution in [0, 0.1) is 0 Å². The van der Waals surface area contributed by atoms with Gasteiger partial charge in [-0.15, -0.1) is 0 Å². The van der Waals surface area contributed by atoms with E-state index in [1.54, 1.807) is 20.8 Å². The van der Waals surface area contributed by atoms with Crippen molar-refractivity contribution in [2.24, 2.45) is 0 Å². The number of esters is 1. The molecule has 186 valence electrons. The molecule has 2 heterocycles. The molecule has 3 aromatic rings. The molecule has 0 radical (unpaired) electrons. The van der Waals surface area contributed by atoms with Gasteiger partial charge in [-0.1, -0.05) is 18.2 Å². The fourth-order valence-corrected chi connectivity index (χ4v) is 4.50. The molecular weight excluding hydrogens is 446 g/mol. The highest BCUT2D eigenvalue weighted by atomic mass is 16.6. The van der Waals surface area contributed by atoms with Crippen LogP contribution in [0.15, 0.2) is 42.5 Å². The second-order valence-electron chi connectivity index (χ2n) is 9.98. The summed E-state index contributed by atoms with van der Waals surface area (Å²) < 4.78 is 18.9. The number of hydrogen-bond donors (Lipinski definition) is 0. The summed E-state index contributed by atoms with van der Waals surface area (Å²) >= 11 is 0. The summed E-state index contributed by atoms with van der Waals surface area (Å²) in [4.78, 5) is 31.7. The number of benzene rings is 2. The lowest BCUT2D eigenvalue weighted by Gasteiger charge is -2.36. The normalized spacial score (nSPS) is 15.7. The van der Waals surface area contributed by atoms with E-state index in [1.165, 1.54) is 12.0 Å². The molecule has 35 heavy (non-hydrogen) atoms. The lowest BCUT2D eigenvalue weighted by molar-refractivity contribution is -0.147. The van der Waals surface area contributed by atoms with E-state index in [4.69, 9.17) is 19.2 Å². The molecule has 0 fully saturated rings. The van der Waals surface area contributed by atoms with E-state index in [9.17, 15) is 9.59 Å². The third kappa shape index (κ3) is 5.11. The Morgan fingerprint density at radius 2 is 1.89 bits per heavy atom. The summed E-state index contributed by atoms with van der Waals surface area (Å²) in [7, 11) is 1.32. The van der Waals surface area contributed by atoms with E-state index in [0.717, 1.165) is 28.0 Å². The van der Waals surface area contributed by atoms with Crippen molar-refractivity contribution in [1.29, 1.82) is 0 Å². The highest BCUT2D eigenvalue weighted by Gasteiger charge is 2.39. The number of amides is 1. The Morgan fingerprint density at radius 1 is 1.14 bits per heavy atom. The number of ether oxygens (including phenoxy) is 3. The molecule has 0 saturated carbocycles. The van der Waals surface area contributed by atoms with Crippen LogP contribution in [-0.2, 0) is 27.3 Å². The van der Waals surface area contributed by atoms with Gasteiger partial charge in [-0.05, 0) is 76.4 Å². The van der Waals surface area contributed by atoms with E-state index >= 15 is 0 Å². The molecule has 8 heteroatoms. The molecular formula is C27H33N3O5. The lowest BCUT2D eigenvalue weighted by Crippen LogP contribution is -2.46. The Balaban J connectivity index is 1.58. The smallest absolute Gasteiger partial charge is 0.411 e. The number of carbonyl (C=O) groups excluding carboxylic acids is 2. The van der Waals surface area contributed by atoms with Crippen LogP contribution in [-0.4, -0.2) is 45.8 Å². The lowest BCUT2D eigenvalue weighted by atomic mass is 9.92. The third-order valence-corrected chi connectivity index (χ3v) is 5.95. The van der Waals surface area contributed by atoms with Gasteiger partial charge in [0, 0.05) is 12.6 Å². The van der Waals surface area contributed by atoms with E-state index in [-0.39, 0.29) is 6.04 Å². The van der Waals surface area contributed by atoms with Crippen molar-refractivity contribution in [3.05, 3.63) is 59.4 Å². The van der Waals surface area contributed by atoms with E-state index in [1.807, 2.05) is 36.4 Å². The fraction of sp³-hybridized carbons (Fsp3) is 0.444. The van der Waals surface area contributed by atoms with Gasteiger partial charge in [0.2, 0.25) is 0 Å². The number of hydrogen-bond acceptors (Lipinski definition) is 6. The Bertz CT molecular complexity index is 1240. The molecule has 1 aromatic heterocycles. The minimum atomic E-state index is -0.863. The molecule has 0 spiro atoms. The van der Waals surface area contributed by atoms with Gasteiger partial charge >= 0.3 is 12.1 Å². The Morgan fingerprint density at radius 3 is 2.57 bits per heavy atom. The average Bonchev–Trinajstić information content (AvgIpc) is 3.19. The highest BCUT2D eigenvalue weighted by Crippen LogP contribution is 2.34. The maximum absolute atomic E-state index is 12.8. The number of aromatic nitrogens is 2. The first-order valence-electron chi connectivity index (χ1n) is 11.9. The van der Waals surface area contributed by atoms with Gasteiger partial charge in [0.05, 0.1) is 18.1 Å². The number of carbonyl (C=O) groups is 2. The summed E-state index contributed by atoms with van der Waals surface area (Å²) in [5.74, 6) is 1.03. The van der Waals surface area contributed by atoms with Crippen molar-refractivity contribution in [1.82, 2.24) is 14.5 Å². The zero-order valence-corrected chi connectivity index (χ0v) is 21.2. The Hall–Kier alpha value is -3.55. The van der Waals surface area contributed by atoms with Gasteiger partial charge in [-0.25, -0.2) is 14.6 Å². The van der Waals surface area contributed by atoms with Gasteiger partial charge in [0.1, 0.15) is 23.8 Å². The van der Waals surface area contributed by atoms with Gasteiger partial charge in [0.25, 0.3) is 0 Å². The molecule has 8 nitrogen and oxygen atoms in total. The SMILES string of the molecule is COC(=O)[C@H]1c2ccc(OCc3nc4ccccc4n3C(C)C)cc2CCN1C(=O)OC(C)(C)C. The first kappa shape index (κ1) is 24.6. The second kappa shape index (κ2) is 9.60. The summed E-state index contributed by atoms with van der Waals surface area (Å²) in [6.45, 7) is 10.3. The molecule has 1 aliphatic rings. The molecule has 0 saturated heterocycles. The highest BCUT2D eigenvalue weighted by molar-refractivity contribution is 5.84. The number of methoxy groups -OCH3 is 1. The molecule has 0 aliphatic carbocycles. The summed E-state index contributed by atoms with van der Waals surface area (Å²) in [5.41, 5.74) is 3.01. The topological polar surface area (TPSA) is 82.9 Å². The van der Waals surface area contributed by atoms with Crippen molar-refractivity contribution < 1.29 is 23.8 Å². The maximum Gasteiger partial charge on any atom is 0.411 e. The van der Waals surface area contributed by atoms with Crippen LogP contribution in [0.4, 0.5) is 4.79 Å². The molecule has 0 unspecified atom stereocenters. The van der Waals surface area contributed by atoms with Crippen molar-refractivity contribution in [3.63, 3.8) is 0 Å².